The summed E-state index contributed by atoms with van der Waals surface area (Å²) in [5.41, 5.74) is 1.12. The van der Waals surface area contributed by atoms with Crippen LogP contribution < -0.4 is 4.72 Å². The SMILES string of the molecule is Cc1n[nH]c(C)c1S(=O)(=O)NC1CCCCC1CBr. The van der Waals surface area contributed by atoms with E-state index >= 15 is 0 Å². The van der Waals surface area contributed by atoms with E-state index in [0.29, 0.717) is 22.2 Å². The van der Waals surface area contributed by atoms with E-state index in [1.54, 1.807) is 13.8 Å². The molecule has 0 bridgehead atoms. The molecule has 1 saturated carbocycles. The second kappa shape index (κ2) is 5.93. The molecule has 1 aliphatic carbocycles. The van der Waals surface area contributed by atoms with Gasteiger partial charge in [0.1, 0.15) is 4.90 Å². The van der Waals surface area contributed by atoms with E-state index in [2.05, 4.69) is 30.8 Å². The third kappa shape index (κ3) is 3.20. The number of aromatic nitrogens is 2. The number of hydrogen-bond acceptors (Lipinski definition) is 3. The van der Waals surface area contributed by atoms with Crippen LogP contribution in [0.2, 0.25) is 0 Å². The second-order valence-electron chi connectivity index (χ2n) is 5.19. The van der Waals surface area contributed by atoms with Crippen molar-refractivity contribution in [2.24, 2.45) is 5.92 Å². The van der Waals surface area contributed by atoms with Crippen LogP contribution in [0.25, 0.3) is 0 Å². The second-order valence-corrected chi connectivity index (χ2v) is 7.49. The van der Waals surface area contributed by atoms with Crippen molar-refractivity contribution >= 4 is 26.0 Å². The van der Waals surface area contributed by atoms with Gasteiger partial charge in [0.15, 0.2) is 0 Å². The first kappa shape index (κ1) is 15.0. The number of nitrogens with zero attached hydrogens (tertiary/aromatic N) is 1. The highest BCUT2D eigenvalue weighted by molar-refractivity contribution is 9.09. The number of rotatable bonds is 4. The number of hydrogen-bond donors (Lipinski definition) is 2. The average Bonchev–Trinajstić information content (AvgIpc) is 2.70. The van der Waals surface area contributed by atoms with Crippen molar-refractivity contribution < 1.29 is 8.42 Å². The summed E-state index contributed by atoms with van der Waals surface area (Å²) in [6, 6.07) is 0.0202. The van der Waals surface area contributed by atoms with Crippen molar-refractivity contribution in [2.45, 2.75) is 50.5 Å². The van der Waals surface area contributed by atoms with Crippen LogP contribution in [0.5, 0.6) is 0 Å². The molecule has 1 fully saturated rings. The van der Waals surface area contributed by atoms with Crippen molar-refractivity contribution in [1.29, 1.82) is 0 Å². The number of sulfonamides is 1. The third-order valence-corrected chi connectivity index (χ3v) is 6.33. The maximum absolute atomic E-state index is 12.5. The lowest BCUT2D eigenvalue weighted by Crippen LogP contribution is -2.42. The molecule has 2 atom stereocenters. The molecule has 108 valence electrons. The molecule has 0 aromatic carbocycles. The normalized spacial score (nSPS) is 24.6. The zero-order chi connectivity index (χ0) is 14.0. The Labute approximate surface area is 122 Å². The summed E-state index contributed by atoms with van der Waals surface area (Å²) in [7, 11) is -3.49. The van der Waals surface area contributed by atoms with Crippen molar-refractivity contribution in [3.63, 3.8) is 0 Å². The van der Waals surface area contributed by atoms with E-state index < -0.39 is 10.0 Å². The molecule has 0 saturated heterocycles. The number of aryl methyl sites for hydroxylation is 2. The van der Waals surface area contributed by atoms with E-state index in [-0.39, 0.29) is 6.04 Å². The minimum Gasteiger partial charge on any atom is -0.281 e. The maximum atomic E-state index is 12.5. The summed E-state index contributed by atoms with van der Waals surface area (Å²) < 4.78 is 27.8. The number of aromatic amines is 1. The minimum absolute atomic E-state index is 0.0202. The summed E-state index contributed by atoms with van der Waals surface area (Å²) in [4.78, 5) is 0.298. The number of nitrogens with one attached hydrogen (secondary N) is 2. The molecule has 0 amide bonds. The highest BCUT2D eigenvalue weighted by Crippen LogP contribution is 2.28. The van der Waals surface area contributed by atoms with Crippen LogP contribution in [-0.4, -0.2) is 30.0 Å². The van der Waals surface area contributed by atoms with Crippen LogP contribution in [0, 0.1) is 19.8 Å². The quantitative estimate of drug-likeness (QED) is 0.818. The molecule has 2 unspecified atom stereocenters. The van der Waals surface area contributed by atoms with E-state index in [9.17, 15) is 8.42 Å². The Balaban J connectivity index is 2.21. The van der Waals surface area contributed by atoms with Crippen molar-refractivity contribution in [1.82, 2.24) is 14.9 Å². The molecule has 2 N–H and O–H groups in total. The van der Waals surface area contributed by atoms with E-state index in [1.807, 2.05) is 0 Å². The fourth-order valence-electron chi connectivity index (χ4n) is 2.74. The Hall–Kier alpha value is -0.400. The van der Waals surface area contributed by atoms with Gasteiger partial charge >= 0.3 is 0 Å². The standard InChI is InChI=1S/C12H20BrN3O2S/c1-8-12(9(2)15-14-8)19(17,18)16-11-6-4-3-5-10(11)7-13/h10-11,16H,3-7H2,1-2H3,(H,14,15). The molecular formula is C12H20BrN3O2S. The van der Waals surface area contributed by atoms with Crippen LogP contribution in [-0.2, 0) is 10.0 Å². The Morgan fingerprint density at radius 3 is 2.63 bits per heavy atom. The molecule has 7 heteroatoms. The van der Waals surface area contributed by atoms with Crippen molar-refractivity contribution in [2.75, 3.05) is 5.33 Å². The molecule has 1 aromatic rings. The zero-order valence-corrected chi connectivity index (χ0v) is 13.6. The Morgan fingerprint density at radius 2 is 2.05 bits per heavy atom. The smallest absolute Gasteiger partial charge is 0.244 e. The van der Waals surface area contributed by atoms with E-state index in [1.165, 1.54) is 6.42 Å². The largest absolute Gasteiger partial charge is 0.281 e. The van der Waals surface area contributed by atoms with Crippen LogP contribution in [0.4, 0.5) is 0 Å². The van der Waals surface area contributed by atoms with Gasteiger partial charge in [0.05, 0.1) is 11.4 Å². The van der Waals surface area contributed by atoms with Gasteiger partial charge in [-0.1, -0.05) is 28.8 Å². The molecule has 0 spiro atoms. The first-order chi connectivity index (χ1) is 8.95. The Kier molecular flexibility index (Phi) is 4.68. The van der Waals surface area contributed by atoms with E-state index in [0.717, 1.165) is 24.6 Å². The van der Waals surface area contributed by atoms with E-state index in [4.69, 9.17) is 0 Å². The predicted octanol–water partition coefficient (Wildman–Crippen LogP) is 2.26. The van der Waals surface area contributed by atoms with Crippen LogP contribution in [0.1, 0.15) is 37.1 Å². The molecule has 5 nitrogen and oxygen atoms in total. The highest BCUT2D eigenvalue weighted by Gasteiger charge is 2.31. The third-order valence-electron chi connectivity index (χ3n) is 3.74. The van der Waals surface area contributed by atoms with Crippen LogP contribution in [0.3, 0.4) is 0 Å². The van der Waals surface area contributed by atoms with Gasteiger partial charge in [-0.25, -0.2) is 13.1 Å². The van der Waals surface area contributed by atoms with Gasteiger partial charge in [-0.2, -0.15) is 5.10 Å². The van der Waals surface area contributed by atoms with Crippen molar-refractivity contribution in [3.05, 3.63) is 11.4 Å². The van der Waals surface area contributed by atoms with Gasteiger partial charge in [0, 0.05) is 11.4 Å². The lowest BCUT2D eigenvalue weighted by atomic mass is 9.87. The minimum atomic E-state index is -3.49. The molecular weight excluding hydrogens is 330 g/mol. The van der Waals surface area contributed by atoms with Crippen LogP contribution >= 0.6 is 15.9 Å². The van der Waals surface area contributed by atoms with Gasteiger partial charge in [0.2, 0.25) is 10.0 Å². The summed E-state index contributed by atoms with van der Waals surface area (Å²) in [5.74, 6) is 0.371. The summed E-state index contributed by atoms with van der Waals surface area (Å²) in [6.07, 6.45) is 4.24. The molecule has 1 aromatic heterocycles. The molecule has 0 radical (unpaired) electrons. The summed E-state index contributed by atoms with van der Waals surface area (Å²) in [5, 5.41) is 7.53. The Bertz CT molecular complexity index is 522. The van der Waals surface area contributed by atoms with Gasteiger partial charge in [0.25, 0.3) is 0 Å². The Morgan fingerprint density at radius 1 is 1.37 bits per heavy atom. The lowest BCUT2D eigenvalue weighted by Gasteiger charge is -2.30. The van der Waals surface area contributed by atoms with Gasteiger partial charge in [-0.15, -0.1) is 0 Å². The molecule has 1 heterocycles. The van der Waals surface area contributed by atoms with Gasteiger partial charge in [-0.05, 0) is 32.6 Å². The highest BCUT2D eigenvalue weighted by atomic mass is 79.9. The molecule has 0 aliphatic heterocycles. The monoisotopic (exact) mass is 349 g/mol. The fraction of sp³-hybridized carbons (Fsp3) is 0.750. The lowest BCUT2D eigenvalue weighted by molar-refractivity contribution is 0.316. The summed E-state index contributed by atoms with van der Waals surface area (Å²) >= 11 is 3.48. The molecule has 2 rings (SSSR count). The fourth-order valence-corrected chi connectivity index (χ4v) is 5.23. The number of alkyl halides is 1. The topological polar surface area (TPSA) is 74.8 Å². The number of halogens is 1. The first-order valence-electron chi connectivity index (χ1n) is 6.55. The molecule has 1 aliphatic rings. The van der Waals surface area contributed by atoms with Gasteiger partial charge in [-0.3, -0.25) is 5.10 Å². The molecule has 19 heavy (non-hydrogen) atoms. The first-order valence-corrected chi connectivity index (χ1v) is 9.16. The zero-order valence-electron chi connectivity index (χ0n) is 11.2. The van der Waals surface area contributed by atoms with Crippen LogP contribution in [0.15, 0.2) is 4.90 Å². The van der Waals surface area contributed by atoms with Gasteiger partial charge < -0.3 is 0 Å². The van der Waals surface area contributed by atoms with Crippen molar-refractivity contribution in [3.8, 4) is 0 Å². The summed E-state index contributed by atoms with van der Waals surface area (Å²) in [6.45, 7) is 3.44. The maximum Gasteiger partial charge on any atom is 0.244 e. The predicted molar refractivity (Wildman–Crippen MR) is 77.9 cm³/mol. The number of H-pyrrole nitrogens is 1. The average molecular weight is 350 g/mol.